The van der Waals surface area contributed by atoms with Crippen LogP contribution in [0.2, 0.25) is 0 Å². The van der Waals surface area contributed by atoms with E-state index in [0.717, 1.165) is 21.8 Å². The number of para-hydroxylation sites is 1. The normalized spacial score (nSPS) is 11.3. The standard InChI is InChI=1S/C27H35N5O3S/c1-19-9-7-8-10-22(19)32-24(17-23(30-32)27(2,3)4)29-25(33)18-31(15-16-35-5)26(34)28-20-11-13-21(36-6)14-12-20/h7-14,17H,15-16,18H2,1-6H3,(H,28,34)(H,29,33). The average molecular weight is 510 g/mol. The van der Waals surface area contributed by atoms with Crippen LogP contribution < -0.4 is 10.6 Å². The Labute approximate surface area is 217 Å². The number of methoxy groups -OCH3 is 1. The molecular weight excluding hydrogens is 474 g/mol. The first kappa shape index (κ1) is 27.3. The van der Waals surface area contributed by atoms with Crippen LogP contribution in [0.4, 0.5) is 16.3 Å². The lowest BCUT2D eigenvalue weighted by atomic mass is 9.92. The molecule has 0 saturated carbocycles. The number of amides is 3. The SMILES string of the molecule is COCCN(CC(=O)Nc1cc(C(C)(C)C)nn1-c1ccccc1C)C(=O)Nc1ccc(SC)cc1. The Morgan fingerprint density at radius 2 is 1.78 bits per heavy atom. The molecule has 0 spiro atoms. The molecule has 3 aromatic rings. The number of carbonyl (C=O) groups excluding carboxylic acids is 2. The van der Waals surface area contributed by atoms with Crippen molar-refractivity contribution in [2.24, 2.45) is 0 Å². The highest BCUT2D eigenvalue weighted by atomic mass is 32.2. The first-order valence-corrected chi connectivity index (χ1v) is 13.0. The van der Waals surface area contributed by atoms with Crippen molar-refractivity contribution in [1.82, 2.24) is 14.7 Å². The maximum absolute atomic E-state index is 13.1. The van der Waals surface area contributed by atoms with Crippen LogP contribution in [0.3, 0.4) is 0 Å². The second kappa shape index (κ2) is 12.1. The summed E-state index contributed by atoms with van der Waals surface area (Å²) in [7, 11) is 1.56. The van der Waals surface area contributed by atoms with Crippen LogP contribution in [0, 0.1) is 6.92 Å². The van der Waals surface area contributed by atoms with E-state index in [4.69, 9.17) is 9.84 Å². The molecule has 192 valence electrons. The summed E-state index contributed by atoms with van der Waals surface area (Å²) in [6.45, 7) is 8.66. The van der Waals surface area contributed by atoms with Crippen LogP contribution in [0.1, 0.15) is 32.0 Å². The predicted molar refractivity (Wildman–Crippen MR) is 146 cm³/mol. The molecule has 3 amide bonds. The summed E-state index contributed by atoms with van der Waals surface area (Å²) in [5.41, 5.74) is 3.22. The Kier molecular flexibility index (Phi) is 9.17. The summed E-state index contributed by atoms with van der Waals surface area (Å²) in [5.74, 6) is 0.230. The van der Waals surface area contributed by atoms with Crippen LogP contribution in [0.5, 0.6) is 0 Å². The topological polar surface area (TPSA) is 88.5 Å². The van der Waals surface area contributed by atoms with Gasteiger partial charge in [-0.15, -0.1) is 11.8 Å². The van der Waals surface area contributed by atoms with E-state index in [1.807, 2.05) is 67.8 Å². The van der Waals surface area contributed by atoms with Crippen molar-refractivity contribution >= 4 is 35.2 Å². The summed E-state index contributed by atoms with van der Waals surface area (Å²) in [6, 6.07) is 16.9. The Bertz CT molecular complexity index is 1180. The Balaban J connectivity index is 1.80. The summed E-state index contributed by atoms with van der Waals surface area (Å²) in [4.78, 5) is 28.7. The van der Waals surface area contributed by atoms with Gasteiger partial charge in [0.15, 0.2) is 0 Å². The molecule has 0 aliphatic carbocycles. The molecule has 0 bridgehead atoms. The van der Waals surface area contributed by atoms with Gasteiger partial charge in [-0.25, -0.2) is 9.48 Å². The lowest BCUT2D eigenvalue weighted by Crippen LogP contribution is -2.42. The first-order chi connectivity index (χ1) is 17.1. The highest BCUT2D eigenvalue weighted by Gasteiger charge is 2.23. The van der Waals surface area contributed by atoms with E-state index < -0.39 is 0 Å². The molecule has 2 N–H and O–H groups in total. The van der Waals surface area contributed by atoms with Gasteiger partial charge in [0.2, 0.25) is 5.91 Å². The number of nitrogens with zero attached hydrogens (tertiary/aromatic N) is 3. The number of nitrogens with one attached hydrogen (secondary N) is 2. The van der Waals surface area contributed by atoms with Gasteiger partial charge >= 0.3 is 6.03 Å². The number of urea groups is 1. The molecule has 3 rings (SSSR count). The lowest BCUT2D eigenvalue weighted by molar-refractivity contribution is -0.116. The number of carbonyl (C=O) groups is 2. The van der Waals surface area contributed by atoms with Crippen LogP contribution >= 0.6 is 11.8 Å². The number of thioether (sulfide) groups is 1. The fourth-order valence-corrected chi connectivity index (χ4v) is 3.92. The molecule has 1 heterocycles. The van der Waals surface area contributed by atoms with Gasteiger partial charge in [0.05, 0.1) is 18.0 Å². The van der Waals surface area contributed by atoms with Crippen molar-refractivity contribution in [1.29, 1.82) is 0 Å². The fraction of sp³-hybridized carbons (Fsp3) is 0.370. The van der Waals surface area contributed by atoms with Gasteiger partial charge in [0, 0.05) is 35.7 Å². The maximum Gasteiger partial charge on any atom is 0.322 e. The van der Waals surface area contributed by atoms with Gasteiger partial charge in [-0.05, 0) is 49.1 Å². The molecule has 0 fully saturated rings. The lowest BCUT2D eigenvalue weighted by Gasteiger charge is -2.22. The van der Waals surface area contributed by atoms with Crippen molar-refractivity contribution in [2.45, 2.75) is 38.0 Å². The van der Waals surface area contributed by atoms with Crippen molar-refractivity contribution in [3.63, 3.8) is 0 Å². The molecule has 36 heavy (non-hydrogen) atoms. The molecular formula is C27H35N5O3S. The van der Waals surface area contributed by atoms with E-state index in [1.165, 1.54) is 4.90 Å². The van der Waals surface area contributed by atoms with Crippen LogP contribution in [0.25, 0.3) is 5.69 Å². The Morgan fingerprint density at radius 3 is 2.39 bits per heavy atom. The maximum atomic E-state index is 13.1. The third-order valence-electron chi connectivity index (χ3n) is 5.62. The summed E-state index contributed by atoms with van der Waals surface area (Å²) >= 11 is 1.63. The summed E-state index contributed by atoms with van der Waals surface area (Å²) in [6.07, 6.45) is 1.99. The van der Waals surface area contributed by atoms with E-state index in [0.29, 0.717) is 18.1 Å². The van der Waals surface area contributed by atoms with Gasteiger partial charge < -0.3 is 20.3 Å². The molecule has 2 aromatic carbocycles. The summed E-state index contributed by atoms with van der Waals surface area (Å²) < 4.78 is 6.91. The van der Waals surface area contributed by atoms with Gasteiger partial charge in [-0.2, -0.15) is 5.10 Å². The number of aryl methyl sites for hydroxylation is 1. The quantitative estimate of drug-likeness (QED) is 0.381. The number of benzene rings is 2. The minimum absolute atomic E-state index is 0.137. The zero-order valence-electron chi connectivity index (χ0n) is 21.8. The minimum Gasteiger partial charge on any atom is -0.383 e. The molecule has 0 aliphatic rings. The molecule has 1 aromatic heterocycles. The molecule has 0 unspecified atom stereocenters. The number of hydrogen-bond acceptors (Lipinski definition) is 5. The zero-order valence-corrected chi connectivity index (χ0v) is 22.6. The van der Waals surface area contributed by atoms with Crippen molar-refractivity contribution in [3.05, 3.63) is 65.9 Å². The van der Waals surface area contributed by atoms with Crippen molar-refractivity contribution in [3.8, 4) is 5.69 Å². The van der Waals surface area contributed by atoms with E-state index in [-0.39, 0.29) is 30.4 Å². The van der Waals surface area contributed by atoms with Gasteiger partial charge in [-0.1, -0.05) is 39.0 Å². The van der Waals surface area contributed by atoms with Crippen LogP contribution in [-0.2, 0) is 14.9 Å². The highest BCUT2D eigenvalue weighted by molar-refractivity contribution is 7.98. The van der Waals surface area contributed by atoms with E-state index in [1.54, 1.807) is 23.6 Å². The molecule has 0 atom stereocenters. The largest absolute Gasteiger partial charge is 0.383 e. The zero-order chi connectivity index (χ0) is 26.3. The van der Waals surface area contributed by atoms with E-state index in [2.05, 4.69) is 31.4 Å². The number of ether oxygens (including phenoxy) is 1. The fourth-order valence-electron chi connectivity index (χ4n) is 3.51. The second-order valence-corrected chi connectivity index (χ2v) is 10.4. The number of anilines is 2. The second-order valence-electron chi connectivity index (χ2n) is 9.48. The molecule has 0 aliphatic heterocycles. The van der Waals surface area contributed by atoms with Gasteiger partial charge in [0.25, 0.3) is 0 Å². The number of hydrogen-bond donors (Lipinski definition) is 2. The molecule has 0 saturated heterocycles. The first-order valence-electron chi connectivity index (χ1n) is 11.8. The van der Waals surface area contributed by atoms with Gasteiger partial charge in [-0.3, -0.25) is 4.79 Å². The third kappa shape index (κ3) is 7.11. The molecule has 0 radical (unpaired) electrons. The number of rotatable bonds is 9. The molecule has 9 heteroatoms. The Morgan fingerprint density at radius 1 is 1.08 bits per heavy atom. The van der Waals surface area contributed by atoms with Crippen molar-refractivity contribution < 1.29 is 14.3 Å². The predicted octanol–water partition coefficient (Wildman–Crippen LogP) is 5.32. The smallest absolute Gasteiger partial charge is 0.322 e. The van der Waals surface area contributed by atoms with Crippen LogP contribution in [0.15, 0.2) is 59.5 Å². The minimum atomic E-state index is -0.373. The highest BCUT2D eigenvalue weighted by Crippen LogP contribution is 2.27. The van der Waals surface area contributed by atoms with Crippen molar-refractivity contribution in [2.75, 3.05) is 43.7 Å². The summed E-state index contributed by atoms with van der Waals surface area (Å²) in [5, 5.41) is 10.6. The average Bonchev–Trinajstić information content (AvgIpc) is 3.26. The Hall–Kier alpha value is -3.30. The monoisotopic (exact) mass is 509 g/mol. The molecule has 8 nitrogen and oxygen atoms in total. The van der Waals surface area contributed by atoms with Crippen LogP contribution in [-0.4, -0.2) is 59.7 Å². The van der Waals surface area contributed by atoms with Gasteiger partial charge in [0.1, 0.15) is 12.4 Å². The third-order valence-corrected chi connectivity index (χ3v) is 6.36. The van der Waals surface area contributed by atoms with E-state index >= 15 is 0 Å². The van der Waals surface area contributed by atoms with E-state index in [9.17, 15) is 9.59 Å². The number of aromatic nitrogens is 2.